The molecule has 1 aliphatic heterocycles. The molecule has 0 radical (unpaired) electrons. The first-order valence-corrected chi connectivity index (χ1v) is 8.34. The molecule has 6 heteroatoms. The number of amidine groups is 1. The lowest BCUT2D eigenvalue weighted by Crippen LogP contribution is -2.28. The standard InChI is InChI=1S/C17H14ClN3OS/c1-2-21-16(22)14(11-12-7-3-4-8-13(12)18)23-17(21)20-15-9-5-6-10-19-15/h3-11H,2H2,1H3/b14-11-,20-17+. The molecular formula is C17H14ClN3OS. The number of amides is 1. The van der Waals surface area contributed by atoms with Gasteiger partial charge in [-0.05, 0) is 48.5 Å². The Morgan fingerprint density at radius 3 is 2.74 bits per heavy atom. The normalized spacial score (nSPS) is 18.2. The number of nitrogens with zero attached hydrogens (tertiary/aromatic N) is 3. The van der Waals surface area contributed by atoms with Crippen molar-refractivity contribution in [1.29, 1.82) is 0 Å². The van der Waals surface area contributed by atoms with E-state index in [1.165, 1.54) is 11.8 Å². The van der Waals surface area contributed by atoms with Gasteiger partial charge in [-0.2, -0.15) is 0 Å². The first-order chi connectivity index (χ1) is 11.2. The number of thioether (sulfide) groups is 1. The summed E-state index contributed by atoms with van der Waals surface area (Å²) in [5.74, 6) is 0.521. The largest absolute Gasteiger partial charge is 0.287 e. The van der Waals surface area contributed by atoms with E-state index in [1.807, 2.05) is 43.3 Å². The SMILES string of the molecule is CCN1C(=O)/C(=C/c2ccccc2Cl)S/C1=N/c1ccccn1. The van der Waals surface area contributed by atoms with Crippen molar-refractivity contribution in [2.45, 2.75) is 6.92 Å². The summed E-state index contributed by atoms with van der Waals surface area (Å²) in [6.07, 6.45) is 3.48. The number of hydrogen-bond acceptors (Lipinski definition) is 4. The Balaban J connectivity index is 1.95. The molecule has 1 aliphatic rings. The molecule has 1 amide bonds. The second-order valence-electron chi connectivity index (χ2n) is 4.76. The topological polar surface area (TPSA) is 45.6 Å². The number of carbonyl (C=O) groups excluding carboxylic acids is 1. The molecule has 23 heavy (non-hydrogen) atoms. The zero-order valence-corrected chi connectivity index (χ0v) is 14.0. The van der Waals surface area contributed by atoms with Crippen LogP contribution in [0.2, 0.25) is 5.02 Å². The molecule has 3 rings (SSSR count). The van der Waals surface area contributed by atoms with Gasteiger partial charge in [-0.3, -0.25) is 9.69 Å². The quantitative estimate of drug-likeness (QED) is 0.778. The Morgan fingerprint density at radius 2 is 2.04 bits per heavy atom. The Kier molecular flexibility index (Phi) is 4.79. The van der Waals surface area contributed by atoms with E-state index in [2.05, 4.69) is 9.98 Å². The number of hydrogen-bond donors (Lipinski definition) is 0. The van der Waals surface area contributed by atoms with E-state index in [0.717, 1.165) is 5.56 Å². The highest BCUT2D eigenvalue weighted by Crippen LogP contribution is 2.34. The van der Waals surface area contributed by atoms with E-state index in [-0.39, 0.29) is 5.91 Å². The van der Waals surface area contributed by atoms with Crippen LogP contribution in [0.3, 0.4) is 0 Å². The van der Waals surface area contributed by atoms with Crippen molar-refractivity contribution in [3.05, 3.63) is 64.2 Å². The smallest absolute Gasteiger partial charge is 0.266 e. The maximum Gasteiger partial charge on any atom is 0.266 e. The summed E-state index contributed by atoms with van der Waals surface area (Å²) in [7, 11) is 0. The van der Waals surface area contributed by atoms with E-state index in [0.29, 0.717) is 27.5 Å². The molecule has 116 valence electrons. The lowest BCUT2D eigenvalue weighted by Gasteiger charge is -2.11. The molecule has 2 heterocycles. The fraction of sp³-hybridized carbons (Fsp3) is 0.118. The van der Waals surface area contributed by atoms with Gasteiger partial charge >= 0.3 is 0 Å². The van der Waals surface area contributed by atoms with Gasteiger partial charge in [0.1, 0.15) is 0 Å². The lowest BCUT2D eigenvalue weighted by molar-refractivity contribution is -0.122. The van der Waals surface area contributed by atoms with E-state index < -0.39 is 0 Å². The summed E-state index contributed by atoms with van der Waals surface area (Å²) in [6.45, 7) is 2.47. The summed E-state index contributed by atoms with van der Waals surface area (Å²) in [5, 5.41) is 1.25. The van der Waals surface area contributed by atoms with Crippen LogP contribution < -0.4 is 0 Å². The van der Waals surface area contributed by atoms with Crippen molar-refractivity contribution >= 4 is 46.3 Å². The number of rotatable bonds is 3. The summed E-state index contributed by atoms with van der Waals surface area (Å²) < 4.78 is 0. The number of pyridine rings is 1. The molecule has 0 aliphatic carbocycles. The number of likely N-dealkylation sites (N-methyl/N-ethyl adjacent to an activating group) is 1. The molecule has 0 bridgehead atoms. The van der Waals surface area contributed by atoms with Crippen LogP contribution in [0.25, 0.3) is 6.08 Å². The van der Waals surface area contributed by atoms with Gasteiger partial charge in [0.2, 0.25) is 0 Å². The van der Waals surface area contributed by atoms with E-state index >= 15 is 0 Å². The molecular weight excluding hydrogens is 330 g/mol. The van der Waals surface area contributed by atoms with E-state index in [9.17, 15) is 4.79 Å². The molecule has 1 fully saturated rings. The second-order valence-corrected chi connectivity index (χ2v) is 6.18. The first kappa shape index (κ1) is 15.8. The number of aliphatic imine (C=N–C) groups is 1. The van der Waals surface area contributed by atoms with Gasteiger partial charge < -0.3 is 0 Å². The van der Waals surface area contributed by atoms with Crippen LogP contribution in [0.4, 0.5) is 5.82 Å². The lowest BCUT2D eigenvalue weighted by atomic mass is 10.2. The van der Waals surface area contributed by atoms with Gasteiger partial charge in [0.25, 0.3) is 5.91 Å². The van der Waals surface area contributed by atoms with Crippen LogP contribution in [-0.4, -0.2) is 27.5 Å². The van der Waals surface area contributed by atoms with Crippen molar-refractivity contribution in [3.63, 3.8) is 0 Å². The van der Waals surface area contributed by atoms with Crippen molar-refractivity contribution in [1.82, 2.24) is 9.88 Å². The number of benzene rings is 1. The highest BCUT2D eigenvalue weighted by molar-refractivity contribution is 8.18. The Morgan fingerprint density at radius 1 is 1.26 bits per heavy atom. The Hall–Kier alpha value is -2.11. The molecule has 0 saturated carbocycles. The van der Waals surface area contributed by atoms with Crippen molar-refractivity contribution in [3.8, 4) is 0 Å². The molecule has 0 spiro atoms. The van der Waals surface area contributed by atoms with Crippen molar-refractivity contribution < 1.29 is 4.79 Å². The molecule has 2 aromatic rings. The molecule has 0 atom stereocenters. The van der Waals surface area contributed by atoms with Gasteiger partial charge in [0.05, 0.1) is 4.91 Å². The fourth-order valence-corrected chi connectivity index (χ4v) is 3.35. The van der Waals surface area contributed by atoms with Crippen LogP contribution in [-0.2, 0) is 4.79 Å². The number of aromatic nitrogens is 1. The zero-order valence-electron chi connectivity index (χ0n) is 12.4. The molecule has 0 unspecified atom stereocenters. The molecule has 1 saturated heterocycles. The Labute approximate surface area is 143 Å². The van der Waals surface area contributed by atoms with Crippen LogP contribution in [0.5, 0.6) is 0 Å². The minimum Gasteiger partial charge on any atom is -0.287 e. The maximum atomic E-state index is 12.5. The second kappa shape index (κ2) is 6.98. The highest BCUT2D eigenvalue weighted by Gasteiger charge is 2.32. The molecule has 4 nitrogen and oxygen atoms in total. The summed E-state index contributed by atoms with van der Waals surface area (Å²) in [4.78, 5) is 23.4. The van der Waals surface area contributed by atoms with Gasteiger partial charge in [-0.1, -0.05) is 35.9 Å². The van der Waals surface area contributed by atoms with Gasteiger partial charge in [0.15, 0.2) is 11.0 Å². The third-order valence-electron chi connectivity index (χ3n) is 3.26. The monoisotopic (exact) mass is 343 g/mol. The van der Waals surface area contributed by atoms with Crippen LogP contribution in [0, 0.1) is 0 Å². The Bertz CT molecular complexity index is 789. The summed E-state index contributed by atoms with van der Waals surface area (Å²) in [5.41, 5.74) is 0.820. The zero-order chi connectivity index (χ0) is 16.2. The summed E-state index contributed by atoms with van der Waals surface area (Å²) in [6, 6.07) is 12.9. The minimum atomic E-state index is -0.0629. The third-order valence-corrected chi connectivity index (χ3v) is 4.61. The fourth-order valence-electron chi connectivity index (χ4n) is 2.12. The van der Waals surface area contributed by atoms with Crippen LogP contribution in [0.1, 0.15) is 12.5 Å². The number of carbonyl (C=O) groups is 1. The van der Waals surface area contributed by atoms with Gasteiger partial charge in [0, 0.05) is 17.8 Å². The third kappa shape index (κ3) is 3.46. The molecule has 1 aromatic heterocycles. The van der Waals surface area contributed by atoms with E-state index in [1.54, 1.807) is 23.2 Å². The number of halogens is 1. The predicted octanol–water partition coefficient (Wildman–Crippen LogP) is 4.36. The molecule has 1 aromatic carbocycles. The van der Waals surface area contributed by atoms with E-state index in [4.69, 9.17) is 11.6 Å². The highest BCUT2D eigenvalue weighted by atomic mass is 35.5. The molecule has 0 N–H and O–H groups in total. The average Bonchev–Trinajstić information content (AvgIpc) is 2.85. The minimum absolute atomic E-state index is 0.0629. The summed E-state index contributed by atoms with van der Waals surface area (Å²) >= 11 is 7.51. The maximum absolute atomic E-state index is 12.5. The first-order valence-electron chi connectivity index (χ1n) is 7.14. The predicted molar refractivity (Wildman–Crippen MR) is 95.7 cm³/mol. The van der Waals surface area contributed by atoms with Crippen molar-refractivity contribution in [2.24, 2.45) is 4.99 Å². The van der Waals surface area contributed by atoms with Crippen molar-refractivity contribution in [2.75, 3.05) is 6.54 Å². The van der Waals surface area contributed by atoms with Gasteiger partial charge in [-0.15, -0.1) is 0 Å². The van der Waals surface area contributed by atoms with Crippen LogP contribution in [0.15, 0.2) is 58.6 Å². The van der Waals surface area contributed by atoms with Crippen LogP contribution >= 0.6 is 23.4 Å². The van der Waals surface area contributed by atoms with Gasteiger partial charge in [-0.25, -0.2) is 9.98 Å². The average molecular weight is 344 g/mol.